The average molecular weight is 142 g/mol. The van der Waals surface area contributed by atoms with Crippen LogP contribution in [-0.4, -0.2) is 24.4 Å². The third-order valence-corrected chi connectivity index (χ3v) is 3.06. The first-order chi connectivity index (χ1) is 4.87. The third-order valence-electron chi connectivity index (χ3n) is 3.06. The quantitative estimate of drug-likeness (QED) is 0.590. The van der Waals surface area contributed by atoms with E-state index in [0.29, 0.717) is 12.7 Å². The van der Waals surface area contributed by atoms with Crippen LogP contribution in [0.4, 0.5) is 0 Å². The van der Waals surface area contributed by atoms with Crippen molar-refractivity contribution in [2.45, 2.75) is 31.8 Å². The van der Waals surface area contributed by atoms with Crippen LogP contribution in [0.5, 0.6) is 0 Å². The van der Waals surface area contributed by atoms with E-state index in [9.17, 15) is 0 Å². The number of aliphatic hydroxyl groups excluding tert-OH is 1. The van der Waals surface area contributed by atoms with E-state index in [1.807, 2.05) is 0 Å². The fraction of sp³-hybridized carbons (Fsp3) is 1.00. The normalized spacial score (nSPS) is 45.9. The van der Waals surface area contributed by atoms with Crippen molar-refractivity contribution in [1.82, 2.24) is 0 Å². The summed E-state index contributed by atoms with van der Waals surface area (Å²) < 4.78 is 5.51. The van der Waals surface area contributed by atoms with Gasteiger partial charge in [-0.05, 0) is 19.3 Å². The van der Waals surface area contributed by atoms with Gasteiger partial charge < -0.3 is 9.84 Å². The molecule has 1 saturated heterocycles. The minimum Gasteiger partial charge on any atom is -0.396 e. The van der Waals surface area contributed by atoms with Crippen LogP contribution in [-0.2, 0) is 4.74 Å². The first kappa shape index (κ1) is 6.62. The topological polar surface area (TPSA) is 29.5 Å². The van der Waals surface area contributed by atoms with Gasteiger partial charge in [0.25, 0.3) is 0 Å². The largest absolute Gasteiger partial charge is 0.396 e. The number of rotatable bonds is 1. The smallest absolute Gasteiger partial charge is 0.0654 e. The maximum atomic E-state index is 9.15. The lowest BCUT2D eigenvalue weighted by Crippen LogP contribution is -2.28. The molecular weight excluding hydrogens is 128 g/mol. The Hall–Kier alpha value is -0.0800. The molecule has 1 aliphatic carbocycles. The Bertz CT molecular complexity index is 123. The van der Waals surface area contributed by atoms with Gasteiger partial charge in [-0.25, -0.2) is 0 Å². The number of hydrogen-bond acceptors (Lipinski definition) is 2. The number of ether oxygens (including phenoxy) is 1. The van der Waals surface area contributed by atoms with Gasteiger partial charge in [0.05, 0.1) is 12.7 Å². The molecule has 0 unspecified atom stereocenters. The molecule has 2 heteroatoms. The summed E-state index contributed by atoms with van der Waals surface area (Å²) in [6, 6.07) is 0. The summed E-state index contributed by atoms with van der Waals surface area (Å²) in [5.74, 6) is 0. The van der Waals surface area contributed by atoms with Crippen LogP contribution in [0.15, 0.2) is 0 Å². The summed E-state index contributed by atoms with van der Waals surface area (Å²) in [5, 5.41) is 9.15. The van der Waals surface area contributed by atoms with E-state index in [4.69, 9.17) is 9.84 Å². The van der Waals surface area contributed by atoms with Crippen molar-refractivity contribution in [1.29, 1.82) is 0 Å². The molecule has 1 saturated carbocycles. The monoisotopic (exact) mass is 142 g/mol. The van der Waals surface area contributed by atoms with Crippen molar-refractivity contribution in [3.8, 4) is 0 Å². The molecular formula is C8H14O2. The third kappa shape index (κ3) is 0.722. The highest BCUT2D eigenvalue weighted by atomic mass is 16.5. The summed E-state index contributed by atoms with van der Waals surface area (Å²) in [4.78, 5) is 0. The fourth-order valence-corrected chi connectivity index (χ4v) is 2.32. The molecule has 2 nitrogen and oxygen atoms in total. The highest BCUT2D eigenvalue weighted by Crippen LogP contribution is 2.46. The average Bonchev–Trinajstić information content (AvgIpc) is 2.42. The van der Waals surface area contributed by atoms with Gasteiger partial charge in [-0.1, -0.05) is 6.42 Å². The van der Waals surface area contributed by atoms with Crippen molar-refractivity contribution in [2.24, 2.45) is 5.41 Å². The first-order valence-electron chi connectivity index (χ1n) is 4.10. The molecule has 0 radical (unpaired) electrons. The number of aliphatic hydroxyl groups is 1. The lowest BCUT2D eigenvalue weighted by molar-refractivity contribution is 0.0380. The zero-order chi connectivity index (χ0) is 7.03. The van der Waals surface area contributed by atoms with Gasteiger partial charge in [0.15, 0.2) is 0 Å². The van der Waals surface area contributed by atoms with Gasteiger partial charge in [-0.2, -0.15) is 0 Å². The van der Waals surface area contributed by atoms with E-state index in [1.165, 1.54) is 19.3 Å². The second kappa shape index (κ2) is 2.21. The van der Waals surface area contributed by atoms with Crippen LogP contribution in [0.25, 0.3) is 0 Å². The standard InChI is InChI=1S/C8H14O2/c9-6-8-3-1-2-7(8)10-5-4-8/h7,9H,1-6H2/t7-,8-/m0/s1. The molecule has 0 aromatic carbocycles. The van der Waals surface area contributed by atoms with Crippen LogP contribution < -0.4 is 0 Å². The molecule has 0 aromatic rings. The maximum Gasteiger partial charge on any atom is 0.0654 e. The van der Waals surface area contributed by atoms with Crippen molar-refractivity contribution >= 4 is 0 Å². The molecule has 2 aliphatic rings. The van der Waals surface area contributed by atoms with Gasteiger partial charge in [0.1, 0.15) is 0 Å². The fourth-order valence-electron chi connectivity index (χ4n) is 2.32. The summed E-state index contributed by atoms with van der Waals surface area (Å²) in [7, 11) is 0. The molecule has 0 amide bonds. The van der Waals surface area contributed by atoms with Crippen LogP contribution in [0.1, 0.15) is 25.7 Å². The van der Waals surface area contributed by atoms with Gasteiger partial charge in [0, 0.05) is 12.0 Å². The minimum atomic E-state index is 0.181. The highest BCUT2D eigenvalue weighted by Gasteiger charge is 2.46. The Morgan fingerprint density at radius 3 is 3.10 bits per heavy atom. The van der Waals surface area contributed by atoms with E-state index in [2.05, 4.69) is 0 Å². The summed E-state index contributed by atoms with van der Waals surface area (Å²) in [6.07, 6.45) is 5.05. The summed E-state index contributed by atoms with van der Waals surface area (Å²) in [5.41, 5.74) is 0.181. The van der Waals surface area contributed by atoms with E-state index < -0.39 is 0 Å². The van der Waals surface area contributed by atoms with E-state index in [-0.39, 0.29) is 5.41 Å². The molecule has 2 fully saturated rings. The van der Waals surface area contributed by atoms with Crippen LogP contribution >= 0.6 is 0 Å². The Morgan fingerprint density at radius 1 is 1.50 bits per heavy atom. The van der Waals surface area contributed by atoms with Crippen LogP contribution in [0, 0.1) is 5.41 Å². The number of fused-ring (bicyclic) bond motifs is 1. The Kier molecular flexibility index (Phi) is 1.46. The Labute approximate surface area is 61.2 Å². The van der Waals surface area contributed by atoms with Crippen LogP contribution in [0.2, 0.25) is 0 Å². The molecule has 58 valence electrons. The van der Waals surface area contributed by atoms with Gasteiger partial charge in [0.2, 0.25) is 0 Å². The molecule has 0 bridgehead atoms. The van der Waals surface area contributed by atoms with Crippen molar-refractivity contribution < 1.29 is 9.84 Å². The van der Waals surface area contributed by atoms with E-state index >= 15 is 0 Å². The van der Waals surface area contributed by atoms with Gasteiger partial charge in [-0.3, -0.25) is 0 Å². The highest BCUT2D eigenvalue weighted by molar-refractivity contribution is 4.96. The molecule has 2 atom stereocenters. The molecule has 1 N–H and O–H groups in total. The predicted molar refractivity (Wildman–Crippen MR) is 37.7 cm³/mol. The van der Waals surface area contributed by atoms with Crippen molar-refractivity contribution in [3.05, 3.63) is 0 Å². The van der Waals surface area contributed by atoms with Gasteiger partial charge >= 0.3 is 0 Å². The lowest BCUT2D eigenvalue weighted by atomic mass is 9.84. The number of hydrogen-bond donors (Lipinski definition) is 1. The van der Waals surface area contributed by atoms with Crippen LogP contribution in [0.3, 0.4) is 0 Å². The zero-order valence-corrected chi connectivity index (χ0v) is 6.18. The SMILES string of the molecule is OC[C@@]12CCC[C@@H]1OCC2. The molecule has 2 rings (SSSR count). The summed E-state index contributed by atoms with van der Waals surface area (Å²) in [6.45, 7) is 1.20. The van der Waals surface area contributed by atoms with Crippen molar-refractivity contribution in [2.75, 3.05) is 13.2 Å². The summed E-state index contributed by atoms with van der Waals surface area (Å²) >= 11 is 0. The van der Waals surface area contributed by atoms with Crippen molar-refractivity contribution in [3.63, 3.8) is 0 Å². The van der Waals surface area contributed by atoms with E-state index in [1.54, 1.807) is 0 Å². The lowest BCUT2D eigenvalue weighted by Gasteiger charge is -2.23. The second-order valence-corrected chi connectivity index (χ2v) is 3.52. The van der Waals surface area contributed by atoms with Gasteiger partial charge in [-0.15, -0.1) is 0 Å². The molecule has 1 aliphatic heterocycles. The molecule has 1 heterocycles. The Morgan fingerprint density at radius 2 is 2.40 bits per heavy atom. The molecule has 0 spiro atoms. The second-order valence-electron chi connectivity index (χ2n) is 3.52. The minimum absolute atomic E-state index is 0.181. The first-order valence-corrected chi connectivity index (χ1v) is 4.10. The zero-order valence-electron chi connectivity index (χ0n) is 6.18. The molecule has 10 heavy (non-hydrogen) atoms. The maximum absolute atomic E-state index is 9.15. The Balaban J connectivity index is 2.15. The predicted octanol–water partition coefficient (Wildman–Crippen LogP) is 0.938. The van der Waals surface area contributed by atoms with E-state index in [0.717, 1.165) is 13.0 Å². The molecule has 0 aromatic heterocycles.